The second-order valence-corrected chi connectivity index (χ2v) is 8.01. The molecule has 0 bridgehead atoms. The van der Waals surface area contributed by atoms with Gasteiger partial charge in [-0.15, -0.1) is 0 Å². The van der Waals surface area contributed by atoms with Gasteiger partial charge in [0, 0.05) is 44.9 Å². The Morgan fingerprint density at radius 2 is 1.72 bits per heavy atom. The van der Waals surface area contributed by atoms with Gasteiger partial charge in [-0.2, -0.15) is 0 Å². The summed E-state index contributed by atoms with van der Waals surface area (Å²) in [5, 5.41) is 19.5. The van der Waals surface area contributed by atoms with Gasteiger partial charge in [-0.1, -0.05) is 31.4 Å². The van der Waals surface area contributed by atoms with Gasteiger partial charge in [0.05, 0.1) is 0 Å². The van der Waals surface area contributed by atoms with Gasteiger partial charge >= 0.3 is 0 Å². The molecule has 4 nitrogen and oxygen atoms in total. The standard InChI is InChI=1S/C21H34N2O2/c1-16-12-18(13-17(2)21(16)25)14-22-9-10-23(20(15-22)8-11-24)19-6-4-3-5-7-19/h12-13,19-20,24-25H,3-11,14-15H2,1-2H3/t20-/m1/s1. The van der Waals surface area contributed by atoms with E-state index in [1.165, 1.54) is 37.7 Å². The van der Waals surface area contributed by atoms with E-state index in [0.29, 0.717) is 11.8 Å². The summed E-state index contributed by atoms with van der Waals surface area (Å²) in [6, 6.07) is 5.42. The van der Waals surface area contributed by atoms with E-state index in [2.05, 4.69) is 21.9 Å². The Kier molecular flexibility index (Phi) is 6.37. The van der Waals surface area contributed by atoms with Crippen LogP contribution in [0.1, 0.15) is 55.2 Å². The molecule has 0 aromatic heterocycles. The molecule has 4 heteroatoms. The zero-order chi connectivity index (χ0) is 17.8. The summed E-state index contributed by atoms with van der Waals surface area (Å²) in [7, 11) is 0. The second kappa shape index (κ2) is 8.52. The number of piperazine rings is 1. The molecule has 2 N–H and O–H groups in total. The van der Waals surface area contributed by atoms with Crippen molar-refractivity contribution < 1.29 is 10.2 Å². The smallest absolute Gasteiger partial charge is 0.121 e. The van der Waals surface area contributed by atoms with Crippen LogP contribution in [-0.4, -0.2) is 58.3 Å². The van der Waals surface area contributed by atoms with E-state index in [0.717, 1.165) is 49.8 Å². The summed E-state index contributed by atoms with van der Waals surface area (Å²) in [6.07, 6.45) is 7.66. The topological polar surface area (TPSA) is 46.9 Å². The lowest BCUT2D eigenvalue weighted by Gasteiger charge is -2.46. The highest BCUT2D eigenvalue weighted by Crippen LogP contribution is 2.28. The van der Waals surface area contributed by atoms with Crippen molar-refractivity contribution in [1.82, 2.24) is 9.80 Å². The van der Waals surface area contributed by atoms with Crippen molar-refractivity contribution in [1.29, 1.82) is 0 Å². The van der Waals surface area contributed by atoms with Gasteiger partial charge in [-0.05, 0) is 49.8 Å². The largest absolute Gasteiger partial charge is 0.507 e. The minimum Gasteiger partial charge on any atom is -0.507 e. The van der Waals surface area contributed by atoms with Crippen molar-refractivity contribution in [2.24, 2.45) is 0 Å². The van der Waals surface area contributed by atoms with Gasteiger partial charge < -0.3 is 10.2 Å². The third-order valence-corrected chi connectivity index (χ3v) is 6.08. The molecule has 3 rings (SSSR count). The van der Waals surface area contributed by atoms with Crippen LogP contribution in [-0.2, 0) is 6.54 Å². The minimum absolute atomic E-state index is 0.277. The maximum absolute atomic E-state index is 9.98. The van der Waals surface area contributed by atoms with Crippen LogP contribution in [0.2, 0.25) is 0 Å². The number of aryl methyl sites for hydroxylation is 2. The lowest BCUT2D eigenvalue weighted by molar-refractivity contribution is 0.0136. The Balaban J connectivity index is 1.65. The van der Waals surface area contributed by atoms with Gasteiger partial charge in [0.2, 0.25) is 0 Å². The van der Waals surface area contributed by atoms with Gasteiger partial charge in [0.25, 0.3) is 0 Å². The highest BCUT2D eigenvalue weighted by molar-refractivity contribution is 5.42. The van der Waals surface area contributed by atoms with Crippen LogP contribution in [0.3, 0.4) is 0 Å². The lowest BCUT2D eigenvalue weighted by Crippen LogP contribution is -2.56. The van der Waals surface area contributed by atoms with Crippen LogP contribution in [0.5, 0.6) is 5.75 Å². The van der Waals surface area contributed by atoms with E-state index in [1.807, 2.05) is 13.8 Å². The fraction of sp³-hybridized carbons (Fsp3) is 0.714. The van der Waals surface area contributed by atoms with Crippen molar-refractivity contribution in [3.63, 3.8) is 0 Å². The summed E-state index contributed by atoms with van der Waals surface area (Å²) in [5.41, 5.74) is 3.20. The molecule has 0 spiro atoms. The van der Waals surface area contributed by atoms with E-state index in [4.69, 9.17) is 0 Å². The number of phenolic OH excluding ortho intramolecular Hbond substituents is 1. The highest BCUT2D eigenvalue weighted by Gasteiger charge is 2.32. The average Bonchev–Trinajstić information content (AvgIpc) is 2.61. The van der Waals surface area contributed by atoms with Crippen LogP contribution in [0.15, 0.2) is 12.1 Å². The van der Waals surface area contributed by atoms with E-state index in [1.54, 1.807) is 0 Å². The molecule has 1 aliphatic heterocycles. The Bertz CT molecular complexity index is 546. The molecule has 0 radical (unpaired) electrons. The zero-order valence-electron chi connectivity index (χ0n) is 15.9. The van der Waals surface area contributed by atoms with Crippen molar-refractivity contribution in [2.75, 3.05) is 26.2 Å². The fourth-order valence-corrected chi connectivity index (χ4v) is 4.77. The number of aromatic hydroxyl groups is 1. The predicted molar refractivity (Wildman–Crippen MR) is 102 cm³/mol. The summed E-state index contributed by atoms with van der Waals surface area (Å²) in [4.78, 5) is 5.21. The monoisotopic (exact) mass is 346 g/mol. The molecule has 1 aromatic rings. The Morgan fingerprint density at radius 1 is 1.04 bits per heavy atom. The van der Waals surface area contributed by atoms with Crippen molar-refractivity contribution in [3.8, 4) is 5.75 Å². The fourth-order valence-electron chi connectivity index (χ4n) is 4.77. The summed E-state index contributed by atoms with van der Waals surface area (Å²) in [5.74, 6) is 0.420. The van der Waals surface area contributed by atoms with Crippen LogP contribution in [0.4, 0.5) is 0 Å². The molecule has 1 atom stereocenters. The van der Waals surface area contributed by atoms with E-state index in [-0.39, 0.29) is 6.61 Å². The molecule has 25 heavy (non-hydrogen) atoms. The maximum atomic E-state index is 9.98. The van der Waals surface area contributed by atoms with E-state index >= 15 is 0 Å². The zero-order valence-corrected chi connectivity index (χ0v) is 15.9. The first-order valence-electron chi connectivity index (χ1n) is 9.96. The molecular formula is C21H34N2O2. The summed E-state index contributed by atoms with van der Waals surface area (Å²) >= 11 is 0. The molecule has 1 heterocycles. The Labute approximate surface area is 152 Å². The number of phenols is 1. The molecule has 140 valence electrons. The molecule has 1 aromatic carbocycles. The minimum atomic E-state index is 0.277. The molecule has 0 unspecified atom stereocenters. The number of rotatable bonds is 5. The first-order valence-corrected chi connectivity index (χ1v) is 9.96. The number of aliphatic hydroxyl groups excluding tert-OH is 1. The number of hydrogen-bond donors (Lipinski definition) is 2. The lowest BCUT2D eigenvalue weighted by atomic mass is 9.91. The highest BCUT2D eigenvalue weighted by atomic mass is 16.3. The predicted octanol–water partition coefficient (Wildman–Crippen LogP) is 3.21. The van der Waals surface area contributed by atoms with Crippen LogP contribution >= 0.6 is 0 Å². The Morgan fingerprint density at radius 3 is 2.36 bits per heavy atom. The van der Waals surface area contributed by atoms with E-state index in [9.17, 15) is 10.2 Å². The first kappa shape index (κ1) is 18.7. The normalized spacial score (nSPS) is 23.9. The summed E-state index contributed by atoms with van der Waals surface area (Å²) in [6.45, 7) is 8.41. The number of nitrogens with zero attached hydrogens (tertiary/aromatic N) is 2. The van der Waals surface area contributed by atoms with Gasteiger partial charge in [0.15, 0.2) is 0 Å². The first-order chi connectivity index (χ1) is 12.1. The van der Waals surface area contributed by atoms with Crippen molar-refractivity contribution in [2.45, 2.75) is 71.0 Å². The van der Waals surface area contributed by atoms with Crippen molar-refractivity contribution >= 4 is 0 Å². The number of aliphatic hydroxyl groups is 1. The van der Waals surface area contributed by atoms with Crippen LogP contribution in [0.25, 0.3) is 0 Å². The number of hydrogen-bond acceptors (Lipinski definition) is 4. The summed E-state index contributed by atoms with van der Waals surface area (Å²) < 4.78 is 0. The van der Waals surface area contributed by atoms with Crippen LogP contribution in [0, 0.1) is 13.8 Å². The van der Waals surface area contributed by atoms with E-state index < -0.39 is 0 Å². The van der Waals surface area contributed by atoms with Gasteiger partial charge in [-0.3, -0.25) is 9.80 Å². The maximum Gasteiger partial charge on any atom is 0.121 e. The third kappa shape index (κ3) is 4.55. The van der Waals surface area contributed by atoms with Gasteiger partial charge in [0.1, 0.15) is 5.75 Å². The number of benzene rings is 1. The molecule has 0 amide bonds. The van der Waals surface area contributed by atoms with Crippen LogP contribution < -0.4 is 0 Å². The van der Waals surface area contributed by atoms with Gasteiger partial charge in [-0.25, -0.2) is 0 Å². The molecule has 2 fully saturated rings. The Hall–Kier alpha value is -1.10. The molecule has 1 saturated heterocycles. The second-order valence-electron chi connectivity index (χ2n) is 8.01. The molecule has 1 saturated carbocycles. The quantitative estimate of drug-likeness (QED) is 0.859. The molecule has 2 aliphatic rings. The molecule has 1 aliphatic carbocycles. The molecular weight excluding hydrogens is 312 g/mol. The average molecular weight is 347 g/mol. The van der Waals surface area contributed by atoms with Crippen molar-refractivity contribution in [3.05, 3.63) is 28.8 Å². The SMILES string of the molecule is Cc1cc(CN2CCN(C3CCCCC3)[C@H](CCO)C2)cc(C)c1O. The third-order valence-electron chi connectivity index (χ3n) is 6.08.